The lowest BCUT2D eigenvalue weighted by Crippen LogP contribution is -1.85. The standard InChI is InChI=1S/C12H13NO/c1-3-4-9-13-10-11-5-7-12(14-2)8-6-11/h5-8,10H,9H2,1-2H3. The molecule has 0 unspecified atom stereocenters. The van der Waals surface area contributed by atoms with Gasteiger partial charge in [0.1, 0.15) is 5.75 Å². The van der Waals surface area contributed by atoms with Crippen molar-refractivity contribution in [2.45, 2.75) is 6.92 Å². The van der Waals surface area contributed by atoms with E-state index >= 15 is 0 Å². The van der Waals surface area contributed by atoms with Crippen molar-refractivity contribution in [3.8, 4) is 17.6 Å². The van der Waals surface area contributed by atoms with Crippen molar-refractivity contribution >= 4 is 6.21 Å². The Bertz CT molecular complexity index is 354. The molecule has 0 heterocycles. The van der Waals surface area contributed by atoms with Gasteiger partial charge in [0, 0.05) is 6.21 Å². The maximum atomic E-state index is 5.05. The highest BCUT2D eigenvalue weighted by Crippen LogP contribution is 2.09. The molecule has 72 valence electrons. The first-order valence-electron chi connectivity index (χ1n) is 4.40. The number of nitrogens with zero attached hydrogens (tertiary/aromatic N) is 1. The number of hydrogen-bond donors (Lipinski definition) is 0. The first-order valence-corrected chi connectivity index (χ1v) is 4.40. The highest BCUT2D eigenvalue weighted by atomic mass is 16.5. The molecule has 0 radical (unpaired) electrons. The molecular weight excluding hydrogens is 174 g/mol. The summed E-state index contributed by atoms with van der Waals surface area (Å²) in [6, 6.07) is 7.74. The van der Waals surface area contributed by atoms with Crippen molar-refractivity contribution in [3.05, 3.63) is 29.8 Å². The molecule has 0 aliphatic rings. The van der Waals surface area contributed by atoms with Crippen molar-refractivity contribution in [1.29, 1.82) is 0 Å². The van der Waals surface area contributed by atoms with Crippen molar-refractivity contribution in [2.75, 3.05) is 13.7 Å². The average molecular weight is 187 g/mol. The molecule has 1 aromatic rings. The fourth-order valence-corrected chi connectivity index (χ4v) is 0.966. The lowest BCUT2D eigenvalue weighted by atomic mass is 10.2. The quantitative estimate of drug-likeness (QED) is 0.524. The molecule has 0 atom stereocenters. The van der Waals surface area contributed by atoms with Gasteiger partial charge in [-0.25, -0.2) is 0 Å². The fraction of sp³-hybridized carbons (Fsp3) is 0.250. The predicted octanol–water partition coefficient (Wildman–Crippen LogP) is 2.14. The van der Waals surface area contributed by atoms with Crippen LogP contribution >= 0.6 is 0 Å². The summed E-state index contributed by atoms with van der Waals surface area (Å²) in [5, 5.41) is 0. The largest absolute Gasteiger partial charge is 0.497 e. The number of aliphatic imine (C=N–C) groups is 1. The van der Waals surface area contributed by atoms with Gasteiger partial charge < -0.3 is 4.74 Å². The van der Waals surface area contributed by atoms with Gasteiger partial charge >= 0.3 is 0 Å². The number of ether oxygens (including phenoxy) is 1. The molecule has 0 saturated heterocycles. The molecule has 0 bridgehead atoms. The molecule has 0 saturated carbocycles. The van der Waals surface area contributed by atoms with E-state index in [-0.39, 0.29) is 0 Å². The Hall–Kier alpha value is -1.75. The van der Waals surface area contributed by atoms with Crippen LogP contribution in [0.1, 0.15) is 12.5 Å². The molecule has 2 heteroatoms. The van der Waals surface area contributed by atoms with E-state index < -0.39 is 0 Å². The van der Waals surface area contributed by atoms with E-state index in [1.54, 1.807) is 7.11 Å². The fourth-order valence-electron chi connectivity index (χ4n) is 0.966. The zero-order valence-electron chi connectivity index (χ0n) is 8.45. The predicted molar refractivity (Wildman–Crippen MR) is 58.9 cm³/mol. The van der Waals surface area contributed by atoms with E-state index in [0.29, 0.717) is 6.54 Å². The average Bonchev–Trinajstić information content (AvgIpc) is 2.25. The molecule has 0 aliphatic carbocycles. The molecular formula is C12H13NO. The summed E-state index contributed by atoms with van der Waals surface area (Å²) in [5.41, 5.74) is 1.06. The third-order valence-corrected chi connectivity index (χ3v) is 1.70. The third-order valence-electron chi connectivity index (χ3n) is 1.70. The minimum Gasteiger partial charge on any atom is -0.497 e. The summed E-state index contributed by atoms with van der Waals surface area (Å²) in [4.78, 5) is 4.15. The second-order valence-corrected chi connectivity index (χ2v) is 2.67. The van der Waals surface area contributed by atoms with Gasteiger partial charge in [-0.3, -0.25) is 4.99 Å². The molecule has 0 aromatic heterocycles. The topological polar surface area (TPSA) is 21.6 Å². The molecule has 0 spiro atoms. The van der Waals surface area contributed by atoms with Crippen molar-refractivity contribution in [1.82, 2.24) is 0 Å². The number of benzene rings is 1. The Balaban J connectivity index is 2.58. The smallest absolute Gasteiger partial charge is 0.118 e. The first-order chi connectivity index (χ1) is 6.86. The second-order valence-electron chi connectivity index (χ2n) is 2.67. The minimum atomic E-state index is 0.558. The highest BCUT2D eigenvalue weighted by Gasteiger charge is 1.89. The molecule has 0 aliphatic heterocycles. The molecule has 1 aromatic carbocycles. The summed E-state index contributed by atoms with van der Waals surface area (Å²) >= 11 is 0. The lowest BCUT2D eigenvalue weighted by molar-refractivity contribution is 0.415. The Morgan fingerprint density at radius 1 is 1.36 bits per heavy atom. The molecule has 0 N–H and O–H groups in total. The Morgan fingerprint density at radius 3 is 2.64 bits per heavy atom. The van der Waals surface area contributed by atoms with Crippen LogP contribution in [0.5, 0.6) is 5.75 Å². The van der Waals surface area contributed by atoms with Gasteiger partial charge in [0.2, 0.25) is 0 Å². The number of hydrogen-bond acceptors (Lipinski definition) is 2. The van der Waals surface area contributed by atoms with Gasteiger partial charge in [-0.2, -0.15) is 0 Å². The SMILES string of the molecule is CC#CCN=Cc1ccc(OC)cc1. The Labute approximate surface area is 84.6 Å². The molecule has 2 nitrogen and oxygen atoms in total. The van der Waals surface area contributed by atoms with Gasteiger partial charge in [0.25, 0.3) is 0 Å². The van der Waals surface area contributed by atoms with Crippen LogP contribution in [-0.2, 0) is 0 Å². The van der Waals surface area contributed by atoms with Crippen LogP contribution in [0.25, 0.3) is 0 Å². The summed E-state index contributed by atoms with van der Waals surface area (Å²) in [7, 11) is 1.65. The molecule has 0 amide bonds. The van der Waals surface area contributed by atoms with Crippen molar-refractivity contribution < 1.29 is 4.74 Å². The van der Waals surface area contributed by atoms with Gasteiger partial charge in [-0.1, -0.05) is 5.92 Å². The monoisotopic (exact) mass is 187 g/mol. The normalized spacial score (nSPS) is 9.57. The number of methoxy groups -OCH3 is 1. The minimum absolute atomic E-state index is 0.558. The molecule has 14 heavy (non-hydrogen) atoms. The highest BCUT2D eigenvalue weighted by molar-refractivity contribution is 5.79. The molecule has 1 rings (SSSR count). The van der Waals surface area contributed by atoms with Crippen LogP contribution in [-0.4, -0.2) is 19.9 Å². The van der Waals surface area contributed by atoms with E-state index in [1.165, 1.54) is 0 Å². The van der Waals surface area contributed by atoms with Crippen molar-refractivity contribution in [3.63, 3.8) is 0 Å². The zero-order valence-corrected chi connectivity index (χ0v) is 8.45. The van der Waals surface area contributed by atoms with E-state index in [2.05, 4.69) is 16.8 Å². The first kappa shape index (κ1) is 10.3. The van der Waals surface area contributed by atoms with Crippen LogP contribution in [0.2, 0.25) is 0 Å². The van der Waals surface area contributed by atoms with Gasteiger partial charge in [-0.15, -0.1) is 5.92 Å². The van der Waals surface area contributed by atoms with Crippen LogP contribution in [0.15, 0.2) is 29.3 Å². The van der Waals surface area contributed by atoms with Crippen LogP contribution in [0, 0.1) is 11.8 Å². The summed E-state index contributed by atoms with van der Waals surface area (Å²) in [5.74, 6) is 6.51. The summed E-state index contributed by atoms with van der Waals surface area (Å²) < 4.78 is 5.05. The third kappa shape index (κ3) is 3.32. The Morgan fingerprint density at radius 2 is 2.07 bits per heavy atom. The number of rotatable bonds is 3. The second kappa shape index (κ2) is 5.82. The molecule has 0 fully saturated rings. The van der Waals surface area contributed by atoms with E-state index in [0.717, 1.165) is 11.3 Å². The van der Waals surface area contributed by atoms with E-state index in [4.69, 9.17) is 4.74 Å². The zero-order chi connectivity index (χ0) is 10.2. The maximum absolute atomic E-state index is 5.05. The maximum Gasteiger partial charge on any atom is 0.118 e. The summed E-state index contributed by atoms with van der Waals surface area (Å²) in [6.07, 6.45) is 1.81. The van der Waals surface area contributed by atoms with E-state index in [1.807, 2.05) is 37.4 Å². The Kier molecular flexibility index (Phi) is 4.30. The van der Waals surface area contributed by atoms with Gasteiger partial charge in [0.15, 0.2) is 0 Å². The van der Waals surface area contributed by atoms with Crippen LogP contribution in [0.3, 0.4) is 0 Å². The van der Waals surface area contributed by atoms with Crippen LogP contribution < -0.4 is 4.74 Å². The lowest BCUT2D eigenvalue weighted by Gasteiger charge is -1.98. The van der Waals surface area contributed by atoms with Gasteiger partial charge in [-0.05, 0) is 36.8 Å². The van der Waals surface area contributed by atoms with Crippen LogP contribution in [0.4, 0.5) is 0 Å². The summed E-state index contributed by atoms with van der Waals surface area (Å²) in [6.45, 7) is 2.37. The van der Waals surface area contributed by atoms with E-state index in [9.17, 15) is 0 Å². The van der Waals surface area contributed by atoms with Gasteiger partial charge in [0.05, 0.1) is 13.7 Å². The van der Waals surface area contributed by atoms with Crippen molar-refractivity contribution in [2.24, 2.45) is 4.99 Å².